The van der Waals surface area contributed by atoms with Gasteiger partial charge >= 0.3 is 0 Å². The van der Waals surface area contributed by atoms with Crippen LogP contribution in [0.4, 0.5) is 0 Å². The molecule has 2 heteroatoms. The van der Waals surface area contributed by atoms with E-state index in [1.165, 1.54) is 0 Å². The molecule has 0 bridgehead atoms. The third-order valence-corrected chi connectivity index (χ3v) is 1.56. The summed E-state index contributed by atoms with van der Waals surface area (Å²) in [7, 11) is 0.513. The van der Waals surface area contributed by atoms with Gasteiger partial charge in [-0.1, -0.05) is 29.6 Å². The summed E-state index contributed by atoms with van der Waals surface area (Å²) in [5.74, 6) is 0. The van der Waals surface area contributed by atoms with E-state index in [0.717, 1.165) is 0 Å². The van der Waals surface area contributed by atoms with Crippen LogP contribution in [0.1, 0.15) is 0 Å². The van der Waals surface area contributed by atoms with Crippen LogP contribution in [-0.2, 0) is 0 Å². The van der Waals surface area contributed by atoms with Gasteiger partial charge < -0.3 is 0 Å². The summed E-state index contributed by atoms with van der Waals surface area (Å²) in [6, 6.07) is 6.24. The zero-order valence-corrected chi connectivity index (χ0v) is 5.68. The Morgan fingerprint density at radius 1 is 0.857 bits per heavy atom. The molecule has 0 aliphatic rings. The predicted molar refractivity (Wildman–Crippen MR) is 29.2 cm³/mol. The first kappa shape index (κ1) is 7.83. The average Bonchev–Trinajstić information content (AvgIpc) is 1.72. The topological polar surface area (TPSA) is 0 Å². The van der Waals surface area contributed by atoms with Gasteiger partial charge in [-0.15, -0.1) is 0 Å². The summed E-state index contributed by atoms with van der Waals surface area (Å²) >= 11 is 0. The average molecular weight is 134 g/mol. The van der Waals surface area contributed by atoms with Gasteiger partial charge in [0.1, 0.15) is 0 Å². The summed E-state index contributed by atoms with van der Waals surface area (Å²) in [5.41, 5.74) is 4.42. The largest absolute Gasteiger partial charge is 0.0805 e. The standard InChI is InChI=1S/C5H6Si.Ar/c1-2-4-6-5-3-1;/h1-6H;. The van der Waals surface area contributed by atoms with Gasteiger partial charge in [0, 0.05) is 46.9 Å². The van der Waals surface area contributed by atoms with Gasteiger partial charge in [-0.25, -0.2) is 0 Å². The smallest absolute Gasteiger partial charge is 0.0198 e. The van der Waals surface area contributed by atoms with Crippen molar-refractivity contribution in [1.29, 1.82) is 0 Å². The van der Waals surface area contributed by atoms with E-state index < -0.39 is 0 Å². The first-order valence-electron chi connectivity index (χ1n) is 2.00. The third kappa shape index (κ3) is 3.41. The van der Waals surface area contributed by atoms with Crippen LogP contribution in [0.15, 0.2) is 29.6 Å². The molecule has 7 heavy (non-hydrogen) atoms. The Labute approximate surface area is 75.7 Å². The summed E-state index contributed by atoms with van der Waals surface area (Å²) in [4.78, 5) is 0. The van der Waals surface area contributed by atoms with Crippen molar-refractivity contribution < 1.29 is 37.7 Å². The fourth-order valence-corrected chi connectivity index (χ4v) is 1.03. The zero-order chi connectivity index (χ0) is 4.24. The van der Waals surface area contributed by atoms with E-state index >= 15 is 0 Å². The first-order valence-corrected chi connectivity index (χ1v) is 3.33. The van der Waals surface area contributed by atoms with Gasteiger partial charge in [-0.05, 0) is 0 Å². The maximum absolute atomic E-state index is 2.21. The minimum Gasteiger partial charge on any atom is -0.0805 e. The van der Waals surface area contributed by atoms with Crippen molar-refractivity contribution >= 4 is 9.12 Å². The number of hydrogen-bond donors (Lipinski definition) is 0. The summed E-state index contributed by atoms with van der Waals surface area (Å²) in [6.07, 6.45) is 0. The van der Waals surface area contributed by atoms with Crippen molar-refractivity contribution in [3.8, 4) is 0 Å². The maximum atomic E-state index is 2.21. The molecule has 1 heterocycles. The quantitative estimate of drug-likeness (QED) is 0.459. The van der Waals surface area contributed by atoms with Crippen LogP contribution in [0.2, 0.25) is 0 Å². The van der Waals surface area contributed by atoms with Crippen molar-refractivity contribution in [1.82, 2.24) is 0 Å². The monoisotopic (exact) mass is 134 g/mol. The Morgan fingerprint density at radius 2 is 1.43 bits per heavy atom. The normalized spacial score (nSPS) is 6.86. The Morgan fingerprint density at radius 3 is 1.57 bits per heavy atom. The van der Waals surface area contributed by atoms with Crippen molar-refractivity contribution in [2.24, 2.45) is 0 Å². The molecule has 0 radical (unpaired) electrons. The molecule has 0 amide bonds. The van der Waals surface area contributed by atoms with Crippen LogP contribution in [-0.4, -0.2) is 9.12 Å². The van der Waals surface area contributed by atoms with Gasteiger partial charge in [0.2, 0.25) is 0 Å². The molecule has 0 N–H and O–H groups in total. The molecule has 1 aromatic rings. The minimum atomic E-state index is 0. The molecule has 1 rings (SSSR count). The van der Waals surface area contributed by atoms with Crippen molar-refractivity contribution in [3.05, 3.63) is 29.6 Å². The first-order chi connectivity index (χ1) is 3.00. The second-order valence-electron chi connectivity index (χ2n) is 1.15. The van der Waals surface area contributed by atoms with Crippen molar-refractivity contribution in [2.45, 2.75) is 0 Å². The second kappa shape index (κ2) is 4.97. The molecule has 38 valence electrons. The Balaban J connectivity index is 0.000000360. The van der Waals surface area contributed by atoms with E-state index in [2.05, 4.69) is 29.6 Å². The second-order valence-corrected chi connectivity index (χ2v) is 2.31. The van der Waals surface area contributed by atoms with E-state index in [1.807, 2.05) is 0 Å². The Hall–Kier alpha value is 0.827. The van der Waals surface area contributed by atoms with Gasteiger partial charge in [0.15, 0.2) is 0 Å². The molecule has 1 aromatic heterocycles. The summed E-state index contributed by atoms with van der Waals surface area (Å²) < 4.78 is 0. The van der Waals surface area contributed by atoms with Gasteiger partial charge in [0.05, 0.1) is 0 Å². The molecule has 0 nitrogen and oxygen atoms in total. The fourth-order valence-electron chi connectivity index (χ4n) is 0.385. The van der Waals surface area contributed by atoms with Crippen LogP contribution in [0.5, 0.6) is 0 Å². The van der Waals surface area contributed by atoms with Crippen LogP contribution < -0.4 is 0 Å². The molecule has 0 saturated heterocycles. The molecule has 0 aromatic carbocycles. The number of hydrogen-bond acceptors (Lipinski definition) is 0. The van der Waals surface area contributed by atoms with E-state index in [-0.39, 0.29) is 37.7 Å². The Bertz CT molecular complexity index is 80.0. The van der Waals surface area contributed by atoms with Crippen LogP contribution in [0.3, 0.4) is 0 Å². The molecule has 0 saturated carbocycles. The summed E-state index contributed by atoms with van der Waals surface area (Å²) in [6.45, 7) is 0. The molecule has 0 spiro atoms. The maximum Gasteiger partial charge on any atom is 0.0198 e. The van der Waals surface area contributed by atoms with E-state index in [0.29, 0.717) is 9.12 Å². The molecular formula is C5H6ArSi. The zero-order valence-electron chi connectivity index (χ0n) is 3.82. The van der Waals surface area contributed by atoms with Crippen molar-refractivity contribution in [2.75, 3.05) is 0 Å². The van der Waals surface area contributed by atoms with E-state index in [9.17, 15) is 0 Å². The van der Waals surface area contributed by atoms with Crippen LogP contribution in [0, 0.1) is 37.7 Å². The van der Waals surface area contributed by atoms with Crippen molar-refractivity contribution in [3.63, 3.8) is 0 Å². The van der Waals surface area contributed by atoms with Gasteiger partial charge in [-0.2, -0.15) is 0 Å². The SMILES string of the molecule is [Ar].c1cc[siH]cc1. The Kier molecular flexibility index (Phi) is 5.56. The van der Waals surface area contributed by atoms with Crippen LogP contribution in [0.25, 0.3) is 0 Å². The third-order valence-electron chi connectivity index (χ3n) is 0.667. The molecule has 0 aliphatic carbocycles. The molecule has 0 unspecified atom stereocenters. The molecule has 0 fully saturated rings. The molecular weight excluding hydrogens is 128 g/mol. The van der Waals surface area contributed by atoms with E-state index in [1.54, 1.807) is 0 Å². The fraction of sp³-hybridized carbons (Fsp3) is 0. The minimum absolute atomic E-state index is 0. The van der Waals surface area contributed by atoms with Crippen LogP contribution >= 0.6 is 0 Å². The van der Waals surface area contributed by atoms with Gasteiger partial charge in [0.25, 0.3) is 0 Å². The number of rotatable bonds is 0. The van der Waals surface area contributed by atoms with E-state index in [4.69, 9.17) is 0 Å². The summed E-state index contributed by atoms with van der Waals surface area (Å²) in [5, 5.41) is 0. The van der Waals surface area contributed by atoms with Gasteiger partial charge in [-0.3, -0.25) is 0 Å². The molecule has 0 atom stereocenters. The molecule has 0 aliphatic heterocycles. The predicted octanol–water partition coefficient (Wildman–Crippen LogP) is 0.757.